The fourth-order valence-electron chi connectivity index (χ4n) is 3.39. The third kappa shape index (κ3) is 10.5. The number of ether oxygens (including phenoxy) is 1. The number of nitrogens with zero attached hydrogens (tertiary/aromatic N) is 3. The smallest absolute Gasteiger partial charge is 0.475 e. The van der Waals surface area contributed by atoms with Crippen LogP contribution in [0.25, 0.3) is 0 Å². The molecule has 0 aromatic carbocycles. The number of alkyl halides is 6. The summed E-state index contributed by atoms with van der Waals surface area (Å²) in [5.41, 5.74) is 1.64. The highest BCUT2D eigenvalue weighted by Gasteiger charge is 2.48. The normalized spacial score (nSPS) is 16.9. The number of aliphatic carboxylic acids is 2. The van der Waals surface area contributed by atoms with Gasteiger partial charge in [-0.1, -0.05) is 0 Å². The monoisotopic (exact) mass is 517 g/mol. The van der Waals surface area contributed by atoms with Gasteiger partial charge in [0.1, 0.15) is 6.61 Å². The molecule has 0 radical (unpaired) electrons. The lowest BCUT2D eigenvalue weighted by Crippen LogP contribution is -2.60. The number of pyridine rings is 1. The molecule has 2 N–H and O–H groups in total. The van der Waals surface area contributed by atoms with Crippen LogP contribution in [0.1, 0.15) is 18.9 Å². The first-order chi connectivity index (χ1) is 16.1. The minimum Gasteiger partial charge on any atom is -0.475 e. The van der Waals surface area contributed by atoms with Gasteiger partial charge in [-0.2, -0.15) is 26.3 Å². The average molecular weight is 517 g/mol. The first kappa shape index (κ1) is 30.1. The zero-order valence-corrected chi connectivity index (χ0v) is 18.6. The van der Waals surface area contributed by atoms with Gasteiger partial charge in [0.25, 0.3) is 0 Å². The lowest BCUT2D eigenvalue weighted by Gasteiger charge is -2.48. The fraction of sp³-hybridized carbons (Fsp3) is 0.600. The molecule has 0 saturated carbocycles. The molecule has 35 heavy (non-hydrogen) atoms. The molecule has 15 heteroatoms. The van der Waals surface area contributed by atoms with Crippen molar-refractivity contribution in [1.82, 2.24) is 14.8 Å². The van der Waals surface area contributed by atoms with Crippen LogP contribution in [0, 0.1) is 5.41 Å². The molecule has 0 unspecified atom stereocenters. The van der Waals surface area contributed by atoms with Crippen molar-refractivity contribution >= 4 is 17.8 Å². The van der Waals surface area contributed by atoms with E-state index in [1.165, 1.54) is 12.0 Å². The second kappa shape index (κ2) is 12.7. The van der Waals surface area contributed by atoms with Crippen molar-refractivity contribution in [3.05, 3.63) is 30.1 Å². The van der Waals surface area contributed by atoms with Gasteiger partial charge in [0, 0.05) is 50.6 Å². The highest BCUT2D eigenvalue weighted by atomic mass is 19.4. The quantitative estimate of drug-likeness (QED) is 0.572. The Hall–Kier alpha value is -2.94. The lowest BCUT2D eigenvalue weighted by molar-refractivity contribution is -0.193. The minimum absolute atomic E-state index is 0.134. The second-order valence-corrected chi connectivity index (χ2v) is 7.81. The average Bonchev–Trinajstić information content (AvgIpc) is 3.15. The summed E-state index contributed by atoms with van der Waals surface area (Å²) >= 11 is 0. The number of carboxylic acid groups (broad SMARTS) is 2. The second-order valence-electron chi connectivity index (χ2n) is 7.81. The summed E-state index contributed by atoms with van der Waals surface area (Å²) in [4.78, 5) is 38.1. The van der Waals surface area contributed by atoms with Gasteiger partial charge < -0.3 is 19.8 Å². The lowest BCUT2D eigenvalue weighted by atomic mass is 9.79. The van der Waals surface area contributed by atoms with E-state index in [2.05, 4.69) is 22.0 Å². The molecule has 9 nitrogen and oxygen atoms in total. The van der Waals surface area contributed by atoms with Gasteiger partial charge in [-0.05, 0) is 37.6 Å². The SMILES string of the molecule is CCOCC(=O)N1CC2(CCN(Cc3ccncc3)C2)C1.O=C(O)C(F)(F)F.O=C(O)C(F)(F)F. The summed E-state index contributed by atoms with van der Waals surface area (Å²) in [6.45, 7) is 7.73. The number of hydrogen-bond acceptors (Lipinski definition) is 6. The molecule has 2 aliphatic rings. The van der Waals surface area contributed by atoms with Crippen molar-refractivity contribution in [3.63, 3.8) is 0 Å². The Morgan fingerprint density at radius 1 is 1.00 bits per heavy atom. The Kier molecular flexibility index (Phi) is 10.9. The molecule has 3 rings (SSSR count). The van der Waals surface area contributed by atoms with Crippen LogP contribution in [-0.2, 0) is 25.7 Å². The maximum atomic E-state index is 11.9. The maximum absolute atomic E-state index is 11.9. The van der Waals surface area contributed by atoms with Crippen LogP contribution in [0.5, 0.6) is 0 Å². The number of rotatable bonds is 5. The molecule has 1 aromatic heterocycles. The molecule has 2 saturated heterocycles. The molecule has 0 atom stereocenters. The molecule has 0 bridgehead atoms. The molecule has 1 amide bonds. The van der Waals surface area contributed by atoms with Crippen LogP contribution in [0.4, 0.5) is 26.3 Å². The van der Waals surface area contributed by atoms with Crippen LogP contribution in [0.2, 0.25) is 0 Å². The zero-order valence-electron chi connectivity index (χ0n) is 18.6. The van der Waals surface area contributed by atoms with E-state index in [0.717, 1.165) is 32.7 Å². The molecule has 3 heterocycles. The number of carbonyl (C=O) groups is 3. The van der Waals surface area contributed by atoms with E-state index in [0.29, 0.717) is 12.0 Å². The van der Waals surface area contributed by atoms with Crippen LogP contribution < -0.4 is 0 Å². The molecular formula is C20H25F6N3O6. The molecule has 0 aliphatic carbocycles. The topological polar surface area (TPSA) is 120 Å². The number of halogens is 6. The van der Waals surface area contributed by atoms with E-state index < -0.39 is 24.3 Å². The standard InChI is InChI=1S/C16H23N3O2.2C2HF3O2/c1-2-21-10-15(20)19-12-16(13-19)5-8-18(11-16)9-14-3-6-17-7-4-14;2*3-2(4,5)1(6)7/h3-4,6-7H,2,5,8-13H2,1H3;2*(H,6,7). The highest BCUT2D eigenvalue weighted by molar-refractivity contribution is 5.78. The number of carboxylic acids is 2. The first-order valence-corrected chi connectivity index (χ1v) is 10.2. The van der Waals surface area contributed by atoms with Crippen LogP contribution in [0.15, 0.2) is 24.5 Å². The summed E-state index contributed by atoms with van der Waals surface area (Å²) in [5, 5.41) is 14.2. The van der Waals surface area contributed by atoms with Crippen molar-refractivity contribution < 1.29 is 55.7 Å². The Bertz CT molecular complexity index is 820. The van der Waals surface area contributed by atoms with E-state index in [1.807, 2.05) is 24.2 Å². The van der Waals surface area contributed by atoms with Crippen LogP contribution >= 0.6 is 0 Å². The molecule has 2 aliphatic heterocycles. The van der Waals surface area contributed by atoms with E-state index >= 15 is 0 Å². The maximum Gasteiger partial charge on any atom is 0.490 e. The number of hydrogen-bond donors (Lipinski definition) is 2. The van der Waals surface area contributed by atoms with Crippen molar-refractivity contribution in [2.75, 3.05) is 39.4 Å². The summed E-state index contributed by atoms with van der Waals surface area (Å²) in [6, 6.07) is 4.15. The first-order valence-electron chi connectivity index (χ1n) is 10.2. The van der Waals surface area contributed by atoms with Crippen LogP contribution in [-0.4, -0.2) is 94.6 Å². The minimum atomic E-state index is -5.08. The Morgan fingerprint density at radius 2 is 1.49 bits per heavy atom. The van der Waals surface area contributed by atoms with E-state index in [9.17, 15) is 31.1 Å². The van der Waals surface area contributed by atoms with Gasteiger partial charge in [0.05, 0.1) is 0 Å². The Morgan fingerprint density at radius 3 is 1.91 bits per heavy atom. The van der Waals surface area contributed by atoms with Gasteiger partial charge in [0.15, 0.2) is 0 Å². The van der Waals surface area contributed by atoms with E-state index in [1.54, 1.807) is 0 Å². The fourth-order valence-corrected chi connectivity index (χ4v) is 3.39. The molecular weight excluding hydrogens is 492 g/mol. The molecule has 2 fully saturated rings. The van der Waals surface area contributed by atoms with Crippen molar-refractivity contribution in [1.29, 1.82) is 0 Å². The van der Waals surface area contributed by atoms with Gasteiger partial charge in [-0.15, -0.1) is 0 Å². The summed E-state index contributed by atoms with van der Waals surface area (Å²) in [6.07, 6.45) is -5.28. The van der Waals surface area contributed by atoms with Gasteiger partial charge in [0.2, 0.25) is 5.91 Å². The van der Waals surface area contributed by atoms with Gasteiger partial charge >= 0.3 is 24.3 Å². The summed E-state index contributed by atoms with van der Waals surface area (Å²) in [7, 11) is 0. The van der Waals surface area contributed by atoms with Crippen LogP contribution in [0.3, 0.4) is 0 Å². The molecule has 1 aromatic rings. The number of carbonyl (C=O) groups excluding carboxylic acids is 1. The van der Waals surface area contributed by atoms with Gasteiger partial charge in [-0.3, -0.25) is 14.7 Å². The third-order valence-corrected chi connectivity index (χ3v) is 4.99. The predicted molar refractivity (Wildman–Crippen MR) is 107 cm³/mol. The van der Waals surface area contributed by atoms with Crippen molar-refractivity contribution in [3.8, 4) is 0 Å². The summed E-state index contributed by atoms with van der Waals surface area (Å²) < 4.78 is 68.7. The zero-order chi connectivity index (χ0) is 26.9. The largest absolute Gasteiger partial charge is 0.490 e. The Labute approximate surface area is 196 Å². The highest BCUT2D eigenvalue weighted by Crippen LogP contribution is 2.39. The number of amides is 1. The Balaban J connectivity index is 0.000000362. The number of likely N-dealkylation sites (tertiary alicyclic amines) is 2. The van der Waals surface area contributed by atoms with Crippen molar-refractivity contribution in [2.24, 2.45) is 5.41 Å². The van der Waals surface area contributed by atoms with E-state index in [4.69, 9.17) is 24.5 Å². The third-order valence-electron chi connectivity index (χ3n) is 4.99. The predicted octanol–water partition coefficient (Wildman–Crippen LogP) is 2.42. The molecule has 198 valence electrons. The van der Waals surface area contributed by atoms with E-state index in [-0.39, 0.29) is 12.5 Å². The van der Waals surface area contributed by atoms with Crippen molar-refractivity contribution in [2.45, 2.75) is 32.2 Å². The molecule has 1 spiro atoms. The summed E-state index contributed by atoms with van der Waals surface area (Å²) in [5.74, 6) is -5.38. The number of aromatic nitrogens is 1. The van der Waals surface area contributed by atoms with Gasteiger partial charge in [-0.25, -0.2) is 9.59 Å².